The van der Waals surface area contributed by atoms with E-state index in [0.717, 1.165) is 13.1 Å². The second-order valence-corrected chi connectivity index (χ2v) is 5.39. The molecule has 0 aliphatic carbocycles. The molecular weight excluding hydrogens is 218 g/mol. The van der Waals surface area contributed by atoms with Crippen molar-refractivity contribution in [2.75, 3.05) is 6.54 Å². The van der Waals surface area contributed by atoms with Crippen LogP contribution in [0.2, 0.25) is 0 Å². The highest BCUT2D eigenvalue weighted by atomic mass is 32.1. The van der Waals surface area contributed by atoms with Gasteiger partial charge in [0.15, 0.2) is 5.96 Å². The Morgan fingerprint density at radius 1 is 1.69 bits per heavy atom. The maximum Gasteiger partial charge on any atom is 0.191 e. The number of thiophene rings is 1. The van der Waals surface area contributed by atoms with Crippen molar-refractivity contribution >= 4 is 17.3 Å². The van der Waals surface area contributed by atoms with E-state index in [1.54, 1.807) is 11.3 Å². The lowest BCUT2D eigenvalue weighted by molar-refractivity contribution is 0.252. The molecule has 0 fully saturated rings. The molecule has 88 valence electrons. The van der Waals surface area contributed by atoms with Crippen molar-refractivity contribution in [3.05, 3.63) is 22.4 Å². The van der Waals surface area contributed by atoms with Crippen molar-refractivity contribution in [1.82, 2.24) is 4.90 Å². The van der Waals surface area contributed by atoms with Gasteiger partial charge in [-0.3, -0.25) is 4.99 Å². The van der Waals surface area contributed by atoms with Crippen LogP contribution in [0.4, 0.5) is 0 Å². The molecule has 2 atom stereocenters. The minimum absolute atomic E-state index is 0.479. The van der Waals surface area contributed by atoms with E-state index < -0.39 is 0 Å². The number of rotatable bonds is 4. The molecule has 0 saturated heterocycles. The Hall–Kier alpha value is -1.03. The van der Waals surface area contributed by atoms with E-state index in [9.17, 15) is 0 Å². The normalized spacial score (nSPS) is 22.2. The number of hydrogen-bond donors (Lipinski definition) is 1. The molecule has 0 aromatic carbocycles. The topological polar surface area (TPSA) is 41.6 Å². The van der Waals surface area contributed by atoms with Crippen molar-refractivity contribution in [2.45, 2.75) is 32.9 Å². The van der Waals surface area contributed by atoms with Gasteiger partial charge in [-0.1, -0.05) is 26.3 Å². The highest BCUT2D eigenvalue weighted by Crippen LogP contribution is 2.23. The predicted molar refractivity (Wildman–Crippen MR) is 69.6 cm³/mol. The first-order chi connectivity index (χ1) is 7.72. The second-order valence-electron chi connectivity index (χ2n) is 4.36. The monoisotopic (exact) mass is 237 g/mol. The second kappa shape index (κ2) is 4.87. The van der Waals surface area contributed by atoms with E-state index in [4.69, 9.17) is 5.73 Å². The van der Waals surface area contributed by atoms with Crippen LogP contribution in [0.25, 0.3) is 0 Å². The third kappa shape index (κ3) is 2.21. The van der Waals surface area contributed by atoms with Crippen molar-refractivity contribution < 1.29 is 0 Å². The largest absolute Gasteiger partial charge is 0.370 e. The molecule has 2 heterocycles. The van der Waals surface area contributed by atoms with E-state index in [1.807, 2.05) is 0 Å². The maximum atomic E-state index is 5.96. The quantitative estimate of drug-likeness (QED) is 0.873. The zero-order valence-corrected chi connectivity index (χ0v) is 10.7. The minimum Gasteiger partial charge on any atom is -0.370 e. The zero-order chi connectivity index (χ0) is 11.5. The van der Waals surface area contributed by atoms with Gasteiger partial charge in [-0.15, -0.1) is 11.3 Å². The van der Waals surface area contributed by atoms with Crippen LogP contribution in [0.15, 0.2) is 22.5 Å². The lowest BCUT2D eigenvalue weighted by Gasteiger charge is -2.29. The van der Waals surface area contributed by atoms with Gasteiger partial charge in [0.05, 0.1) is 19.1 Å². The van der Waals surface area contributed by atoms with Crippen LogP contribution in [0, 0.1) is 5.92 Å². The molecule has 1 aromatic heterocycles. The molecule has 2 rings (SSSR count). The van der Waals surface area contributed by atoms with E-state index in [2.05, 4.69) is 41.3 Å². The van der Waals surface area contributed by atoms with E-state index in [-0.39, 0.29) is 0 Å². The Morgan fingerprint density at radius 2 is 2.50 bits per heavy atom. The number of nitrogens with two attached hydrogens (primary N) is 1. The summed E-state index contributed by atoms with van der Waals surface area (Å²) in [6.45, 7) is 6.26. The van der Waals surface area contributed by atoms with Crippen molar-refractivity contribution in [1.29, 1.82) is 0 Å². The lowest BCUT2D eigenvalue weighted by atomic mass is 9.98. The molecule has 1 aliphatic heterocycles. The third-order valence-corrected chi connectivity index (χ3v) is 4.20. The Balaban J connectivity index is 2.07. The summed E-state index contributed by atoms with van der Waals surface area (Å²) in [7, 11) is 0. The van der Waals surface area contributed by atoms with Crippen LogP contribution >= 0.6 is 11.3 Å². The van der Waals surface area contributed by atoms with Gasteiger partial charge in [0.2, 0.25) is 0 Å². The molecule has 0 amide bonds. The Bertz CT molecular complexity index is 358. The highest BCUT2D eigenvalue weighted by molar-refractivity contribution is 7.09. The molecule has 1 aliphatic rings. The first-order valence-electron chi connectivity index (χ1n) is 5.81. The van der Waals surface area contributed by atoms with E-state index >= 15 is 0 Å². The number of nitrogens with zero attached hydrogens (tertiary/aromatic N) is 2. The molecule has 0 spiro atoms. The molecule has 4 heteroatoms. The fourth-order valence-electron chi connectivity index (χ4n) is 2.07. The van der Waals surface area contributed by atoms with Gasteiger partial charge in [0.1, 0.15) is 0 Å². The van der Waals surface area contributed by atoms with Gasteiger partial charge < -0.3 is 10.6 Å². The van der Waals surface area contributed by atoms with Crippen LogP contribution in [0.5, 0.6) is 0 Å². The molecule has 0 bridgehead atoms. The fraction of sp³-hybridized carbons (Fsp3) is 0.583. The molecule has 2 unspecified atom stereocenters. The van der Waals surface area contributed by atoms with Gasteiger partial charge >= 0.3 is 0 Å². The standard InChI is InChI=1S/C12H19N3S/c1-3-9(2)11-7-14-12(13)15(11)8-10-5-4-6-16-10/h4-6,9,11H,3,7-8H2,1-2H3,(H2,13,14). The molecule has 0 radical (unpaired) electrons. The van der Waals surface area contributed by atoms with Gasteiger partial charge in [-0.2, -0.15) is 0 Å². The molecule has 3 nitrogen and oxygen atoms in total. The third-order valence-electron chi connectivity index (χ3n) is 3.34. The SMILES string of the molecule is CCC(C)C1CN=C(N)N1Cc1cccs1. The lowest BCUT2D eigenvalue weighted by Crippen LogP contribution is -2.43. The number of hydrogen-bond acceptors (Lipinski definition) is 4. The summed E-state index contributed by atoms with van der Waals surface area (Å²) in [6.07, 6.45) is 1.18. The fourth-order valence-corrected chi connectivity index (χ4v) is 2.78. The van der Waals surface area contributed by atoms with Gasteiger partial charge in [-0.05, 0) is 17.4 Å². The molecular formula is C12H19N3S. The zero-order valence-electron chi connectivity index (χ0n) is 9.89. The highest BCUT2D eigenvalue weighted by Gasteiger charge is 2.29. The molecule has 16 heavy (non-hydrogen) atoms. The minimum atomic E-state index is 0.479. The van der Waals surface area contributed by atoms with Crippen molar-refractivity contribution in [2.24, 2.45) is 16.6 Å². The predicted octanol–water partition coefficient (Wildman–Crippen LogP) is 2.29. The van der Waals surface area contributed by atoms with Crippen LogP contribution in [-0.4, -0.2) is 23.4 Å². The molecule has 1 aromatic rings. The van der Waals surface area contributed by atoms with Crippen LogP contribution < -0.4 is 5.73 Å². The summed E-state index contributed by atoms with van der Waals surface area (Å²) < 4.78 is 0. The van der Waals surface area contributed by atoms with Crippen LogP contribution in [-0.2, 0) is 6.54 Å². The van der Waals surface area contributed by atoms with Crippen molar-refractivity contribution in [3.63, 3.8) is 0 Å². The van der Waals surface area contributed by atoms with E-state index in [0.29, 0.717) is 17.9 Å². The van der Waals surface area contributed by atoms with E-state index in [1.165, 1.54) is 11.3 Å². The first kappa shape index (κ1) is 11.5. The average Bonchev–Trinajstić information content (AvgIpc) is 2.90. The Kier molecular flexibility index (Phi) is 3.49. The average molecular weight is 237 g/mol. The summed E-state index contributed by atoms with van der Waals surface area (Å²) in [4.78, 5) is 7.98. The van der Waals surface area contributed by atoms with Gasteiger partial charge in [0.25, 0.3) is 0 Å². The maximum absolute atomic E-state index is 5.96. The van der Waals surface area contributed by atoms with Crippen LogP contribution in [0.1, 0.15) is 25.1 Å². The van der Waals surface area contributed by atoms with Gasteiger partial charge in [-0.25, -0.2) is 0 Å². The summed E-state index contributed by atoms with van der Waals surface area (Å²) in [5, 5.41) is 2.11. The Labute approximate surface area is 101 Å². The molecule has 0 saturated carbocycles. The Morgan fingerprint density at radius 3 is 3.12 bits per heavy atom. The van der Waals surface area contributed by atoms with Crippen LogP contribution in [0.3, 0.4) is 0 Å². The number of guanidine groups is 1. The number of aliphatic imine (C=N–C) groups is 1. The molecule has 2 N–H and O–H groups in total. The van der Waals surface area contributed by atoms with Gasteiger partial charge in [0, 0.05) is 4.88 Å². The summed E-state index contributed by atoms with van der Waals surface area (Å²) in [5.41, 5.74) is 5.96. The van der Waals surface area contributed by atoms with Crippen molar-refractivity contribution in [3.8, 4) is 0 Å². The summed E-state index contributed by atoms with van der Waals surface area (Å²) in [5.74, 6) is 1.35. The summed E-state index contributed by atoms with van der Waals surface area (Å²) >= 11 is 1.78. The smallest absolute Gasteiger partial charge is 0.191 e. The first-order valence-corrected chi connectivity index (χ1v) is 6.69. The summed E-state index contributed by atoms with van der Waals surface area (Å²) in [6, 6.07) is 4.72.